The number of hydrogen-bond acceptors (Lipinski definition) is 4. The van der Waals surface area contributed by atoms with E-state index < -0.39 is 0 Å². The summed E-state index contributed by atoms with van der Waals surface area (Å²) < 4.78 is 1.88. The third kappa shape index (κ3) is 2.31. The summed E-state index contributed by atoms with van der Waals surface area (Å²) in [5.41, 5.74) is 4.94. The lowest BCUT2D eigenvalue weighted by Crippen LogP contribution is -2.37. The van der Waals surface area contributed by atoms with Crippen LogP contribution in [-0.4, -0.2) is 31.9 Å². The molecule has 2 aromatic heterocycles. The molecule has 0 fully saturated rings. The van der Waals surface area contributed by atoms with Gasteiger partial charge >= 0.3 is 0 Å². The van der Waals surface area contributed by atoms with Crippen molar-refractivity contribution in [2.45, 2.75) is 19.9 Å². The topological polar surface area (TPSA) is 74.3 Å². The largest absolute Gasteiger partial charge is 0.334 e. The molecule has 6 heteroatoms. The molecule has 0 unspecified atom stereocenters. The van der Waals surface area contributed by atoms with Crippen molar-refractivity contribution in [2.24, 2.45) is 0 Å². The Hall–Kier alpha value is -3.20. The number of aryl methyl sites for hydroxylation is 1. The van der Waals surface area contributed by atoms with Gasteiger partial charge in [-0.25, -0.2) is 9.50 Å². The third-order valence-electron chi connectivity index (χ3n) is 4.30. The Bertz CT molecular complexity index is 998. The predicted molar refractivity (Wildman–Crippen MR) is 87.3 cm³/mol. The van der Waals surface area contributed by atoms with E-state index in [1.165, 1.54) is 0 Å². The van der Waals surface area contributed by atoms with Crippen LogP contribution in [0.3, 0.4) is 0 Å². The number of carbonyl (C=O) groups excluding carboxylic acids is 1. The maximum Gasteiger partial charge on any atom is 0.254 e. The van der Waals surface area contributed by atoms with Crippen LogP contribution in [0.1, 0.15) is 32.9 Å². The molecule has 1 aromatic carbocycles. The van der Waals surface area contributed by atoms with Gasteiger partial charge in [-0.1, -0.05) is 6.07 Å². The van der Waals surface area contributed by atoms with Crippen molar-refractivity contribution in [3.05, 3.63) is 64.6 Å². The number of nitrogens with zero attached hydrogens (tertiary/aromatic N) is 5. The summed E-state index contributed by atoms with van der Waals surface area (Å²) in [6.45, 7) is 3.08. The smallest absolute Gasteiger partial charge is 0.254 e. The number of carbonyl (C=O) groups is 1. The number of fused-ring (bicyclic) bond motifs is 3. The van der Waals surface area contributed by atoms with Gasteiger partial charge in [-0.3, -0.25) is 4.79 Å². The zero-order valence-electron chi connectivity index (χ0n) is 13.2. The second kappa shape index (κ2) is 5.46. The van der Waals surface area contributed by atoms with E-state index in [2.05, 4.69) is 16.2 Å². The Kier molecular flexibility index (Phi) is 3.28. The van der Waals surface area contributed by atoms with E-state index >= 15 is 0 Å². The lowest BCUT2D eigenvalue weighted by molar-refractivity contribution is 0.0732. The molecule has 0 saturated carbocycles. The van der Waals surface area contributed by atoms with Crippen LogP contribution >= 0.6 is 0 Å². The van der Waals surface area contributed by atoms with Gasteiger partial charge in [0.1, 0.15) is 0 Å². The first-order valence-corrected chi connectivity index (χ1v) is 7.78. The lowest BCUT2D eigenvalue weighted by atomic mass is 10.0. The number of hydrogen-bond donors (Lipinski definition) is 0. The molecule has 0 aliphatic carbocycles. The second-order valence-electron chi connectivity index (χ2n) is 5.96. The predicted octanol–water partition coefficient (Wildman–Crippen LogP) is 2.11. The molecule has 4 rings (SSSR count). The molecule has 0 N–H and O–H groups in total. The molecule has 1 aliphatic rings. The molecule has 0 spiro atoms. The minimum atomic E-state index is -0.0607. The van der Waals surface area contributed by atoms with Crippen molar-refractivity contribution in [2.75, 3.05) is 6.54 Å². The van der Waals surface area contributed by atoms with Crippen LogP contribution in [-0.2, 0) is 13.0 Å². The Balaban J connectivity index is 1.65. The van der Waals surface area contributed by atoms with Crippen LogP contribution in [0.2, 0.25) is 0 Å². The highest BCUT2D eigenvalue weighted by molar-refractivity contribution is 5.94. The Morgan fingerprint density at radius 3 is 3.04 bits per heavy atom. The average Bonchev–Trinajstić information content (AvgIpc) is 3.01. The number of benzene rings is 1. The summed E-state index contributed by atoms with van der Waals surface area (Å²) in [5.74, 6) is -0.0607. The molecule has 118 valence electrons. The number of nitriles is 1. The Morgan fingerprint density at radius 1 is 1.33 bits per heavy atom. The highest BCUT2D eigenvalue weighted by Crippen LogP contribution is 2.21. The fourth-order valence-electron chi connectivity index (χ4n) is 3.13. The van der Waals surface area contributed by atoms with Crippen LogP contribution in [0.15, 0.2) is 36.5 Å². The average molecular weight is 317 g/mol. The third-order valence-corrected chi connectivity index (χ3v) is 4.30. The van der Waals surface area contributed by atoms with Gasteiger partial charge in [-0.05, 0) is 25.1 Å². The van der Waals surface area contributed by atoms with Crippen LogP contribution < -0.4 is 0 Å². The Morgan fingerprint density at radius 2 is 2.21 bits per heavy atom. The first-order valence-electron chi connectivity index (χ1n) is 7.78. The molecule has 0 radical (unpaired) electrons. The van der Waals surface area contributed by atoms with Gasteiger partial charge < -0.3 is 4.90 Å². The molecule has 0 bridgehead atoms. The van der Waals surface area contributed by atoms with E-state index in [0.717, 1.165) is 29.0 Å². The minimum Gasteiger partial charge on any atom is -0.334 e. The van der Waals surface area contributed by atoms with Gasteiger partial charge in [0, 0.05) is 42.9 Å². The van der Waals surface area contributed by atoms with Crippen molar-refractivity contribution in [3.63, 3.8) is 0 Å². The summed E-state index contributed by atoms with van der Waals surface area (Å²) in [5, 5.41) is 13.5. The molecule has 6 nitrogen and oxygen atoms in total. The normalized spacial score (nSPS) is 13.6. The summed E-state index contributed by atoms with van der Waals surface area (Å²) in [6.07, 6.45) is 2.57. The van der Waals surface area contributed by atoms with Crippen molar-refractivity contribution < 1.29 is 4.79 Å². The van der Waals surface area contributed by atoms with E-state index in [-0.39, 0.29) is 5.91 Å². The van der Waals surface area contributed by atoms with Crippen LogP contribution in [0.25, 0.3) is 5.65 Å². The number of amides is 1. The van der Waals surface area contributed by atoms with E-state index in [0.29, 0.717) is 24.2 Å². The fourth-order valence-corrected chi connectivity index (χ4v) is 3.13. The molecule has 3 heterocycles. The van der Waals surface area contributed by atoms with Crippen molar-refractivity contribution in [1.82, 2.24) is 19.5 Å². The highest BCUT2D eigenvalue weighted by atomic mass is 16.2. The van der Waals surface area contributed by atoms with Crippen LogP contribution in [0, 0.1) is 18.3 Å². The summed E-state index contributed by atoms with van der Waals surface area (Å²) >= 11 is 0. The second-order valence-corrected chi connectivity index (χ2v) is 5.96. The first kappa shape index (κ1) is 14.4. The molecule has 1 amide bonds. The molecular weight excluding hydrogens is 302 g/mol. The van der Waals surface area contributed by atoms with E-state index in [1.54, 1.807) is 29.2 Å². The standard InChI is InChI=1S/C18H15N5O/c1-12-7-17-20-10-15-11-22(6-5-16(15)23(17)21-12)18(24)14-4-2-3-13(8-14)9-19/h2-4,7-8,10H,5-6,11H2,1H3. The quantitative estimate of drug-likeness (QED) is 0.689. The molecule has 0 saturated heterocycles. The minimum absolute atomic E-state index is 0.0607. The summed E-state index contributed by atoms with van der Waals surface area (Å²) in [6, 6.07) is 10.8. The maximum absolute atomic E-state index is 12.7. The summed E-state index contributed by atoms with van der Waals surface area (Å²) in [7, 11) is 0. The SMILES string of the molecule is Cc1cc2ncc3c(n2n1)CCN(C(=O)c1cccc(C#N)c1)C3. The van der Waals surface area contributed by atoms with Gasteiger partial charge in [0.2, 0.25) is 0 Å². The maximum atomic E-state index is 12.7. The molecular formula is C18H15N5O. The molecule has 1 aliphatic heterocycles. The van der Waals surface area contributed by atoms with E-state index in [4.69, 9.17) is 5.26 Å². The zero-order valence-corrected chi connectivity index (χ0v) is 13.2. The van der Waals surface area contributed by atoms with E-state index in [1.807, 2.05) is 23.7 Å². The van der Waals surface area contributed by atoms with Gasteiger partial charge in [0.25, 0.3) is 5.91 Å². The highest BCUT2D eigenvalue weighted by Gasteiger charge is 2.24. The zero-order chi connectivity index (χ0) is 16.7. The van der Waals surface area contributed by atoms with Gasteiger partial charge in [-0.15, -0.1) is 0 Å². The number of rotatable bonds is 1. The van der Waals surface area contributed by atoms with Crippen molar-refractivity contribution in [3.8, 4) is 6.07 Å². The van der Waals surface area contributed by atoms with Gasteiger partial charge in [-0.2, -0.15) is 10.4 Å². The fraction of sp³-hybridized carbons (Fsp3) is 0.222. The van der Waals surface area contributed by atoms with Crippen LogP contribution in [0.5, 0.6) is 0 Å². The van der Waals surface area contributed by atoms with Gasteiger partial charge in [0.05, 0.1) is 23.0 Å². The molecule has 3 aromatic rings. The van der Waals surface area contributed by atoms with Crippen molar-refractivity contribution in [1.29, 1.82) is 5.26 Å². The van der Waals surface area contributed by atoms with Crippen LogP contribution in [0.4, 0.5) is 0 Å². The monoisotopic (exact) mass is 317 g/mol. The molecule has 0 atom stereocenters. The van der Waals surface area contributed by atoms with E-state index in [9.17, 15) is 4.79 Å². The first-order chi connectivity index (χ1) is 11.7. The van der Waals surface area contributed by atoms with Gasteiger partial charge in [0.15, 0.2) is 5.65 Å². The van der Waals surface area contributed by atoms with Crippen molar-refractivity contribution >= 4 is 11.6 Å². The summed E-state index contributed by atoms with van der Waals surface area (Å²) in [4.78, 5) is 18.9. The Labute approximate surface area is 139 Å². The molecule has 24 heavy (non-hydrogen) atoms. The lowest BCUT2D eigenvalue weighted by Gasteiger charge is -2.28. The number of aromatic nitrogens is 3.